The highest BCUT2D eigenvalue weighted by Gasteiger charge is 2.16. The Hall–Kier alpha value is -2.78. The van der Waals surface area contributed by atoms with Crippen molar-refractivity contribution < 1.29 is 17.6 Å². The van der Waals surface area contributed by atoms with Crippen LogP contribution in [0.5, 0.6) is 0 Å². The molecule has 0 saturated carbocycles. The number of carbonyl (C=O) groups excluding carboxylic acids is 1. The largest absolute Gasteiger partial charge is 0.352 e. The third-order valence-electron chi connectivity index (χ3n) is 3.60. The Balaban J connectivity index is 1.58. The van der Waals surface area contributed by atoms with E-state index in [9.17, 15) is 17.6 Å². The summed E-state index contributed by atoms with van der Waals surface area (Å²) in [6.45, 7) is 0.0726. The maximum absolute atomic E-state index is 13.5. The summed E-state index contributed by atoms with van der Waals surface area (Å²) in [5.74, 6) is -0.718. The van der Waals surface area contributed by atoms with Crippen molar-refractivity contribution >= 4 is 32.4 Å². The fourth-order valence-corrected chi connectivity index (χ4v) is 4.26. The van der Waals surface area contributed by atoms with E-state index in [1.165, 1.54) is 18.2 Å². The molecule has 9 heteroatoms. The molecule has 2 aromatic carbocycles. The molecule has 3 aromatic rings. The van der Waals surface area contributed by atoms with Gasteiger partial charge in [-0.25, -0.2) is 17.8 Å². The number of anilines is 1. The monoisotopic (exact) mass is 405 g/mol. The van der Waals surface area contributed by atoms with Crippen LogP contribution in [0.3, 0.4) is 0 Å². The number of halogens is 1. The number of rotatable bonds is 7. The molecular formula is C18H16FN3O3S2. The normalized spacial score (nSPS) is 11.1. The van der Waals surface area contributed by atoms with Gasteiger partial charge in [-0.3, -0.25) is 9.52 Å². The van der Waals surface area contributed by atoms with Crippen LogP contribution in [-0.4, -0.2) is 19.3 Å². The van der Waals surface area contributed by atoms with E-state index >= 15 is 0 Å². The first-order valence-corrected chi connectivity index (χ1v) is 10.3. The van der Waals surface area contributed by atoms with Crippen LogP contribution in [-0.2, 0) is 27.8 Å². The highest BCUT2D eigenvalue weighted by atomic mass is 32.2. The van der Waals surface area contributed by atoms with Gasteiger partial charge in [-0.15, -0.1) is 11.3 Å². The maximum Gasteiger partial charge on any atom is 0.263 e. The van der Waals surface area contributed by atoms with E-state index in [0.29, 0.717) is 11.3 Å². The molecule has 6 nitrogen and oxygen atoms in total. The molecule has 0 aliphatic carbocycles. The number of carbonyl (C=O) groups is 1. The fraction of sp³-hybridized carbons (Fsp3) is 0.111. The molecule has 27 heavy (non-hydrogen) atoms. The van der Waals surface area contributed by atoms with E-state index in [-0.39, 0.29) is 34.7 Å². The van der Waals surface area contributed by atoms with Gasteiger partial charge in [0.05, 0.1) is 17.0 Å². The first-order valence-electron chi connectivity index (χ1n) is 7.96. The topological polar surface area (TPSA) is 88.2 Å². The summed E-state index contributed by atoms with van der Waals surface area (Å²) in [5, 5.41) is 4.40. The smallest absolute Gasteiger partial charge is 0.263 e. The number of aromatic nitrogens is 1. The fourth-order valence-electron chi connectivity index (χ4n) is 2.27. The van der Waals surface area contributed by atoms with Crippen LogP contribution < -0.4 is 10.0 Å². The zero-order chi connectivity index (χ0) is 19.3. The molecule has 0 atom stereocenters. The maximum atomic E-state index is 13.5. The van der Waals surface area contributed by atoms with E-state index in [1.54, 1.807) is 41.8 Å². The molecule has 0 spiro atoms. The van der Waals surface area contributed by atoms with Gasteiger partial charge in [-0.05, 0) is 18.2 Å². The van der Waals surface area contributed by atoms with Crippen molar-refractivity contribution in [1.29, 1.82) is 0 Å². The van der Waals surface area contributed by atoms with Crippen molar-refractivity contribution in [2.24, 2.45) is 0 Å². The molecule has 140 valence electrons. The highest BCUT2D eigenvalue weighted by Crippen LogP contribution is 2.20. The van der Waals surface area contributed by atoms with E-state index in [4.69, 9.17) is 0 Å². The van der Waals surface area contributed by atoms with Crippen molar-refractivity contribution in [3.05, 3.63) is 77.1 Å². The molecule has 0 aliphatic rings. The molecule has 0 unspecified atom stereocenters. The van der Waals surface area contributed by atoms with E-state index in [0.717, 1.165) is 11.3 Å². The Morgan fingerprint density at radius 3 is 2.52 bits per heavy atom. The van der Waals surface area contributed by atoms with Gasteiger partial charge in [0.15, 0.2) is 5.13 Å². The Morgan fingerprint density at radius 1 is 1.07 bits per heavy atom. The van der Waals surface area contributed by atoms with Crippen molar-refractivity contribution in [1.82, 2.24) is 10.3 Å². The van der Waals surface area contributed by atoms with Gasteiger partial charge in [0.1, 0.15) is 5.82 Å². The lowest BCUT2D eigenvalue weighted by atomic mass is 10.2. The third kappa shape index (κ3) is 5.11. The van der Waals surface area contributed by atoms with Gasteiger partial charge in [0, 0.05) is 17.5 Å². The van der Waals surface area contributed by atoms with Gasteiger partial charge < -0.3 is 5.32 Å². The van der Waals surface area contributed by atoms with Crippen LogP contribution in [0.25, 0.3) is 0 Å². The molecule has 1 amide bonds. The van der Waals surface area contributed by atoms with Crippen LogP contribution in [0.15, 0.2) is 64.9 Å². The minimum atomic E-state index is -3.72. The van der Waals surface area contributed by atoms with E-state index in [2.05, 4.69) is 15.0 Å². The van der Waals surface area contributed by atoms with Crippen molar-refractivity contribution in [3.63, 3.8) is 0 Å². The first-order chi connectivity index (χ1) is 12.9. The summed E-state index contributed by atoms with van der Waals surface area (Å²) in [6.07, 6.45) is -0.0297. The number of benzene rings is 2. The minimum absolute atomic E-state index is 0.0297. The van der Waals surface area contributed by atoms with Crippen molar-refractivity contribution in [2.75, 3.05) is 4.72 Å². The van der Waals surface area contributed by atoms with Crippen molar-refractivity contribution in [2.45, 2.75) is 17.9 Å². The van der Waals surface area contributed by atoms with Gasteiger partial charge in [0.25, 0.3) is 10.0 Å². The first kappa shape index (κ1) is 19.0. The Morgan fingerprint density at radius 2 is 1.78 bits per heavy atom. The van der Waals surface area contributed by atoms with E-state index in [1.807, 2.05) is 0 Å². The second-order valence-electron chi connectivity index (χ2n) is 5.61. The van der Waals surface area contributed by atoms with Gasteiger partial charge in [-0.2, -0.15) is 0 Å². The number of nitrogens with one attached hydrogen (secondary N) is 2. The predicted octanol–water partition coefficient (Wildman–Crippen LogP) is 2.94. The third-order valence-corrected chi connectivity index (χ3v) is 5.89. The zero-order valence-electron chi connectivity index (χ0n) is 14.1. The number of amides is 1. The number of hydrogen-bond donors (Lipinski definition) is 2. The van der Waals surface area contributed by atoms with E-state index < -0.39 is 10.0 Å². The lowest BCUT2D eigenvalue weighted by Gasteiger charge is -2.05. The Kier molecular flexibility index (Phi) is 5.82. The standard InChI is InChI=1S/C18H16FN3O3S2/c19-16-9-5-4-6-13(16)11-20-17(23)10-14-12-26-18(21-14)22-27(24,25)15-7-2-1-3-8-15/h1-9,12H,10-11H2,(H,20,23)(H,21,22). The Labute approximate surface area is 160 Å². The molecule has 1 aromatic heterocycles. The highest BCUT2D eigenvalue weighted by molar-refractivity contribution is 7.93. The molecule has 0 fully saturated rings. The molecule has 2 N–H and O–H groups in total. The summed E-state index contributed by atoms with van der Waals surface area (Å²) in [7, 11) is -3.72. The average molecular weight is 405 g/mol. The molecular weight excluding hydrogens is 389 g/mol. The second-order valence-corrected chi connectivity index (χ2v) is 8.15. The summed E-state index contributed by atoms with van der Waals surface area (Å²) >= 11 is 1.09. The number of thiazole rings is 1. The quantitative estimate of drug-likeness (QED) is 0.633. The van der Waals surface area contributed by atoms with Crippen LogP contribution in [0.2, 0.25) is 0 Å². The molecule has 0 saturated heterocycles. The average Bonchev–Trinajstić information content (AvgIpc) is 3.08. The summed E-state index contributed by atoms with van der Waals surface area (Å²) in [5.41, 5.74) is 0.817. The number of hydrogen-bond acceptors (Lipinski definition) is 5. The molecule has 0 aliphatic heterocycles. The molecule has 3 rings (SSSR count). The lowest BCUT2D eigenvalue weighted by Crippen LogP contribution is -2.25. The van der Waals surface area contributed by atoms with Gasteiger partial charge >= 0.3 is 0 Å². The lowest BCUT2D eigenvalue weighted by molar-refractivity contribution is -0.120. The minimum Gasteiger partial charge on any atom is -0.352 e. The van der Waals surface area contributed by atoms with Gasteiger partial charge in [0.2, 0.25) is 5.91 Å². The summed E-state index contributed by atoms with van der Waals surface area (Å²) in [4.78, 5) is 16.3. The van der Waals surface area contributed by atoms with Gasteiger partial charge in [-0.1, -0.05) is 36.4 Å². The Bertz CT molecular complexity index is 1040. The van der Waals surface area contributed by atoms with Crippen LogP contribution in [0, 0.1) is 5.82 Å². The summed E-state index contributed by atoms with van der Waals surface area (Å²) in [6, 6.07) is 14.1. The second kappa shape index (κ2) is 8.28. The molecule has 0 bridgehead atoms. The number of sulfonamides is 1. The van der Waals surface area contributed by atoms with Crippen LogP contribution in [0.4, 0.5) is 9.52 Å². The van der Waals surface area contributed by atoms with Crippen molar-refractivity contribution in [3.8, 4) is 0 Å². The molecule has 1 heterocycles. The van der Waals surface area contributed by atoms with Crippen LogP contribution in [0.1, 0.15) is 11.3 Å². The summed E-state index contributed by atoms with van der Waals surface area (Å²) < 4.78 is 40.5. The molecule has 0 radical (unpaired) electrons. The predicted molar refractivity (Wildman–Crippen MR) is 101 cm³/mol. The SMILES string of the molecule is O=C(Cc1csc(NS(=O)(=O)c2ccccc2)n1)NCc1ccccc1F. The van der Waals surface area contributed by atoms with Crippen LogP contribution >= 0.6 is 11.3 Å². The zero-order valence-corrected chi connectivity index (χ0v) is 15.7. The number of nitrogens with zero attached hydrogens (tertiary/aromatic N) is 1.